The Kier molecular flexibility index (Phi) is 7.92. The number of aryl methyl sites for hydroxylation is 2. The Balaban J connectivity index is 1.66. The molecule has 1 aliphatic rings. The average molecular weight is 534 g/mol. The SMILES string of the molecule is CCOC(=O)CCC(c1c(C(=O)c2cnn(C)c2)oc2ccc(-c3cnn(C)c3)nc12)C1CCOC(CC)C1. The zero-order valence-corrected chi connectivity index (χ0v) is 22.9. The summed E-state index contributed by atoms with van der Waals surface area (Å²) >= 11 is 0. The van der Waals surface area contributed by atoms with Gasteiger partial charge in [0.1, 0.15) is 5.52 Å². The van der Waals surface area contributed by atoms with Crippen molar-refractivity contribution in [2.45, 2.75) is 58.0 Å². The standard InChI is InChI=1S/C29H35N5O5/c1-5-21-13-18(11-12-38-21)22(7-10-25(35)37-6-2)26-27-24(9-8-23(32-27)19-14-30-33(3)16-19)39-29(26)28(36)20-15-31-34(4)17-20/h8-9,14-18,21-22H,5-7,10-13H2,1-4H3. The fraction of sp³-hybridized carbons (Fsp3) is 0.483. The van der Waals surface area contributed by atoms with E-state index in [1.54, 1.807) is 41.9 Å². The van der Waals surface area contributed by atoms with E-state index in [1.807, 2.05) is 25.4 Å². The second-order valence-electron chi connectivity index (χ2n) is 10.2. The van der Waals surface area contributed by atoms with Crippen molar-refractivity contribution in [3.63, 3.8) is 0 Å². The summed E-state index contributed by atoms with van der Waals surface area (Å²) in [7, 11) is 3.63. The Bertz CT molecular complexity index is 1470. The quantitative estimate of drug-likeness (QED) is 0.210. The van der Waals surface area contributed by atoms with Crippen LogP contribution in [0.4, 0.5) is 0 Å². The van der Waals surface area contributed by atoms with Gasteiger partial charge in [-0.05, 0) is 56.6 Å². The topological polar surface area (TPSA) is 114 Å². The molecular weight excluding hydrogens is 498 g/mol. The Hall–Kier alpha value is -3.79. The molecule has 4 aromatic heterocycles. The van der Waals surface area contributed by atoms with E-state index in [0.29, 0.717) is 36.3 Å². The van der Waals surface area contributed by atoms with E-state index < -0.39 is 0 Å². The van der Waals surface area contributed by atoms with Gasteiger partial charge < -0.3 is 13.9 Å². The molecule has 0 N–H and O–H groups in total. The van der Waals surface area contributed by atoms with Gasteiger partial charge in [-0.3, -0.25) is 19.0 Å². The number of aromatic nitrogens is 5. The molecule has 0 amide bonds. The molecule has 10 nitrogen and oxygen atoms in total. The minimum Gasteiger partial charge on any atom is -0.466 e. The first-order valence-electron chi connectivity index (χ1n) is 13.6. The third kappa shape index (κ3) is 5.66. The highest BCUT2D eigenvalue weighted by molar-refractivity contribution is 6.10. The number of pyridine rings is 1. The molecule has 39 heavy (non-hydrogen) atoms. The molecule has 0 aliphatic carbocycles. The lowest BCUT2D eigenvalue weighted by molar-refractivity contribution is -0.143. The van der Waals surface area contributed by atoms with E-state index in [9.17, 15) is 9.59 Å². The van der Waals surface area contributed by atoms with E-state index in [2.05, 4.69) is 17.1 Å². The van der Waals surface area contributed by atoms with Gasteiger partial charge in [0.2, 0.25) is 5.78 Å². The number of rotatable bonds is 10. The van der Waals surface area contributed by atoms with Crippen LogP contribution in [0.15, 0.2) is 41.3 Å². The number of hydrogen-bond acceptors (Lipinski definition) is 8. The van der Waals surface area contributed by atoms with E-state index in [0.717, 1.165) is 36.1 Å². The van der Waals surface area contributed by atoms with E-state index >= 15 is 0 Å². The lowest BCUT2D eigenvalue weighted by Crippen LogP contribution is -2.30. The molecule has 5 heterocycles. The van der Waals surface area contributed by atoms with Crippen LogP contribution in [-0.4, -0.2) is 55.6 Å². The first-order valence-corrected chi connectivity index (χ1v) is 13.6. The highest BCUT2D eigenvalue weighted by atomic mass is 16.5. The number of carbonyl (C=O) groups excluding carboxylic acids is 2. The maximum atomic E-state index is 13.9. The van der Waals surface area contributed by atoms with Crippen LogP contribution in [-0.2, 0) is 28.4 Å². The summed E-state index contributed by atoms with van der Waals surface area (Å²) in [5, 5.41) is 8.48. The lowest BCUT2D eigenvalue weighted by Gasteiger charge is -2.34. The van der Waals surface area contributed by atoms with Crippen LogP contribution in [0.5, 0.6) is 0 Å². The van der Waals surface area contributed by atoms with Gasteiger partial charge in [0.25, 0.3) is 0 Å². The minimum atomic E-state index is -0.251. The summed E-state index contributed by atoms with van der Waals surface area (Å²) in [6.07, 6.45) is 10.3. The second-order valence-corrected chi connectivity index (χ2v) is 10.2. The first kappa shape index (κ1) is 26.8. The summed E-state index contributed by atoms with van der Waals surface area (Å²) in [6.45, 7) is 4.88. The molecule has 10 heteroatoms. The molecule has 4 aromatic rings. The van der Waals surface area contributed by atoms with Gasteiger partial charge in [-0.25, -0.2) is 4.98 Å². The van der Waals surface area contributed by atoms with Gasteiger partial charge in [0.15, 0.2) is 11.3 Å². The van der Waals surface area contributed by atoms with E-state index in [-0.39, 0.29) is 41.9 Å². The van der Waals surface area contributed by atoms with E-state index in [4.69, 9.17) is 18.9 Å². The molecule has 3 atom stereocenters. The van der Waals surface area contributed by atoms with Crippen LogP contribution in [0, 0.1) is 5.92 Å². The zero-order chi connectivity index (χ0) is 27.5. The van der Waals surface area contributed by atoms with Gasteiger partial charge in [-0.15, -0.1) is 0 Å². The van der Waals surface area contributed by atoms with Crippen molar-refractivity contribution in [1.82, 2.24) is 24.5 Å². The fourth-order valence-electron chi connectivity index (χ4n) is 5.57. The highest BCUT2D eigenvalue weighted by Gasteiger charge is 2.36. The Morgan fingerprint density at radius 2 is 1.92 bits per heavy atom. The van der Waals surface area contributed by atoms with Crippen LogP contribution in [0.2, 0.25) is 0 Å². The maximum absolute atomic E-state index is 13.9. The maximum Gasteiger partial charge on any atom is 0.305 e. The number of nitrogens with zero attached hydrogens (tertiary/aromatic N) is 5. The van der Waals surface area contributed by atoms with Crippen molar-refractivity contribution >= 4 is 22.9 Å². The molecule has 1 saturated heterocycles. The van der Waals surface area contributed by atoms with Crippen LogP contribution >= 0.6 is 0 Å². The van der Waals surface area contributed by atoms with Crippen LogP contribution in [0.25, 0.3) is 22.4 Å². The second kappa shape index (κ2) is 11.5. The number of carbonyl (C=O) groups is 2. The summed E-state index contributed by atoms with van der Waals surface area (Å²) < 4.78 is 20.9. The number of furan rings is 1. The predicted octanol–water partition coefficient (Wildman–Crippen LogP) is 4.82. The van der Waals surface area contributed by atoms with E-state index in [1.165, 1.54) is 0 Å². The van der Waals surface area contributed by atoms with Gasteiger partial charge in [-0.2, -0.15) is 10.2 Å². The first-order chi connectivity index (χ1) is 18.9. The third-order valence-electron chi connectivity index (χ3n) is 7.51. The van der Waals surface area contributed by atoms with Crippen molar-refractivity contribution < 1.29 is 23.5 Å². The van der Waals surface area contributed by atoms with Crippen molar-refractivity contribution in [2.75, 3.05) is 13.2 Å². The summed E-state index contributed by atoms with van der Waals surface area (Å²) in [5.74, 6) is -0.218. The van der Waals surface area contributed by atoms with Gasteiger partial charge >= 0.3 is 5.97 Å². The monoisotopic (exact) mass is 533 g/mol. The van der Waals surface area contributed by atoms with Gasteiger partial charge in [0, 0.05) is 50.6 Å². The average Bonchev–Trinajstić information content (AvgIpc) is 3.67. The van der Waals surface area contributed by atoms with Gasteiger partial charge in [-0.1, -0.05) is 6.92 Å². The molecule has 0 radical (unpaired) electrons. The summed E-state index contributed by atoms with van der Waals surface area (Å²) in [4.78, 5) is 31.4. The molecule has 1 aliphatic heterocycles. The van der Waals surface area contributed by atoms with Crippen molar-refractivity contribution in [2.24, 2.45) is 20.0 Å². The number of ether oxygens (including phenoxy) is 2. The molecule has 0 spiro atoms. The number of ketones is 1. The van der Waals surface area contributed by atoms with Crippen molar-refractivity contribution in [3.05, 3.63) is 53.8 Å². The fourth-order valence-corrected chi connectivity index (χ4v) is 5.57. The Labute approximate surface area is 227 Å². The lowest BCUT2D eigenvalue weighted by atomic mass is 9.76. The molecule has 3 unspecified atom stereocenters. The summed E-state index contributed by atoms with van der Waals surface area (Å²) in [6, 6.07) is 3.73. The minimum absolute atomic E-state index is 0.128. The molecule has 5 rings (SSSR count). The Morgan fingerprint density at radius 1 is 1.13 bits per heavy atom. The van der Waals surface area contributed by atoms with Crippen LogP contribution in [0.3, 0.4) is 0 Å². The number of hydrogen-bond donors (Lipinski definition) is 0. The molecular formula is C29H35N5O5. The van der Waals surface area contributed by atoms with Crippen molar-refractivity contribution in [1.29, 1.82) is 0 Å². The molecule has 1 fully saturated rings. The predicted molar refractivity (Wildman–Crippen MR) is 144 cm³/mol. The zero-order valence-electron chi connectivity index (χ0n) is 22.9. The molecule has 0 saturated carbocycles. The number of fused-ring (bicyclic) bond motifs is 1. The van der Waals surface area contributed by atoms with Crippen molar-refractivity contribution in [3.8, 4) is 11.3 Å². The normalized spacial score (nSPS) is 18.4. The summed E-state index contributed by atoms with van der Waals surface area (Å²) in [5.41, 5.74) is 3.96. The van der Waals surface area contributed by atoms with Gasteiger partial charge in [0.05, 0.1) is 36.4 Å². The smallest absolute Gasteiger partial charge is 0.305 e. The molecule has 0 bridgehead atoms. The van der Waals surface area contributed by atoms with Crippen LogP contribution < -0.4 is 0 Å². The van der Waals surface area contributed by atoms with Crippen LogP contribution in [0.1, 0.15) is 73.6 Å². The Morgan fingerprint density at radius 3 is 2.62 bits per heavy atom. The largest absolute Gasteiger partial charge is 0.466 e. The molecule has 206 valence electrons. The molecule has 0 aromatic carbocycles. The number of esters is 1. The third-order valence-corrected chi connectivity index (χ3v) is 7.51. The highest BCUT2D eigenvalue weighted by Crippen LogP contribution is 2.44.